The summed E-state index contributed by atoms with van der Waals surface area (Å²) in [5.74, 6) is 0.921. The van der Waals surface area contributed by atoms with E-state index in [9.17, 15) is 0 Å². The summed E-state index contributed by atoms with van der Waals surface area (Å²) in [7, 11) is 0. The third-order valence-corrected chi connectivity index (χ3v) is 2.78. The van der Waals surface area contributed by atoms with Gasteiger partial charge in [0.05, 0.1) is 10.2 Å². The van der Waals surface area contributed by atoms with Gasteiger partial charge in [-0.05, 0) is 35.8 Å². The number of nitrogen functional groups attached to an aromatic ring is 1. The van der Waals surface area contributed by atoms with E-state index in [4.69, 9.17) is 5.73 Å². The first-order valence-corrected chi connectivity index (χ1v) is 5.14. The van der Waals surface area contributed by atoms with Crippen molar-refractivity contribution in [1.29, 1.82) is 0 Å². The van der Waals surface area contributed by atoms with Gasteiger partial charge < -0.3 is 10.6 Å². The van der Waals surface area contributed by atoms with E-state index in [0.717, 1.165) is 29.1 Å². The van der Waals surface area contributed by atoms with Gasteiger partial charge in [0.15, 0.2) is 0 Å². The van der Waals surface area contributed by atoms with Crippen LogP contribution in [0.25, 0.3) is 0 Å². The molecule has 1 aromatic heterocycles. The van der Waals surface area contributed by atoms with Crippen LogP contribution in [0.1, 0.15) is 13.8 Å². The molecule has 0 fully saturated rings. The second-order valence-corrected chi connectivity index (χ2v) is 3.50. The molecule has 4 heteroatoms. The summed E-state index contributed by atoms with van der Waals surface area (Å²) < 4.78 is 0.888. The SMILES string of the molecule is CCN(CC)c1nccc(N)c1Br. The average molecular weight is 244 g/mol. The highest BCUT2D eigenvalue weighted by Crippen LogP contribution is 2.28. The fourth-order valence-electron chi connectivity index (χ4n) is 1.19. The maximum atomic E-state index is 5.75. The Morgan fingerprint density at radius 3 is 2.62 bits per heavy atom. The van der Waals surface area contributed by atoms with E-state index >= 15 is 0 Å². The highest BCUT2D eigenvalue weighted by Gasteiger charge is 2.09. The van der Waals surface area contributed by atoms with Crippen LogP contribution in [0, 0.1) is 0 Å². The largest absolute Gasteiger partial charge is 0.398 e. The fraction of sp³-hybridized carbons (Fsp3) is 0.444. The van der Waals surface area contributed by atoms with Crippen molar-refractivity contribution in [2.75, 3.05) is 23.7 Å². The Hall–Kier alpha value is -0.770. The van der Waals surface area contributed by atoms with Gasteiger partial charge in [0.2, 0.25) is 0 Å². The van der Waals surface area contributed by atoms with Crippen molar-refractivity contribution in [3.63, 3.8) is 0 Å². The normalized spacial score (nSPS) is 10.1. The van der Waals surface area contributed by atoms with Crippen LogP contribution in [0.2, 0.25) is 0 Å². The molecule has 0 aliphatic heterocycles. The number of halogens is 1. The zero-order valence-corrected chi connectivity index (χ0v) is 9.50. The topological polar surface area (TPSA) is 42.2 Å². The van der Waals surface area contributed by atoms with Crippen LogP contribution in [0.15, 0.2) is 16.7 Å². The Labute approximate surface area is 87.1 Å². The molecular formula is C9H14BrN3. The lowest BCUT2D eigenvalue weighted by atomic mass is 10.3. The first kappa shape index (κ1) is 10.3. The molecule has 13 heavy (non-hydrogen) atoms. The van der Waals surface area contributed by atoms with Gasteiger partial charge >= 0.3 is 0 Å². The first-order chi connectivity index (χ1) is 6.20. The minimum Gasteiger partial charge on any atom is -0.398 e. The summed E-state index contributed by atoms with van der Waals surface area (Å²) in [6.07, 6.45) is 1.73. The molecule has 1 heterocycles. The van der Waals surface area contributed by atoms with Gasteiger partial charge in [-0.1, -0.05) is 0 Å². The molecule has 0 unspecified atom stereocenters. The second-order valence-electron chi connectivity index (χ2n) is 2.71. The van der Waals surface area contributed by atoms with Gasteiger partial charge in [0.1, 0.15) is 5.82 Å². The standard InChI is InChI=1S/C9H14BrN3/c1-3-13(4-2)9-8(10)7(11)5-6-12-9/h5-6H,3-4H2,1-2H3,(H2,11,12). The van der Waals surface area contributed by atoms with E-state index in [0.29, 0.717) is 0 Å². The van der Waals surface area contributed by atoms with Crippen molar-refractivity contribution >= 4 is 27.4 Å². The van der Waals surface area contributed by atoms with Gasteiger partial charge in [-0.3, -0.25) is 0 Å². The van der Waals surface area contributed by atoms with Crippen molar-refractivity contribution in [3.05, 3.63) is 16.7 Å². The summed E-state index contributed by atoms with van der Waals surface area (Å²) in [5, 5.41) is 0. The third kappa shape index (κ3) is 2.12. The molecule has 0 spiro atoms. The lowest BCUT2D eigenvalue weighted by Gasteiger charge is -2.21. The molecule has 0 bridgehead atoms. The molecule has 2 N–H and O–H groups in total. The summed E-state index contributed by atoms with van der Waals surface area (Å²) in [4.78, 5) is 6.43. The Balaban J connectivity index is 3.05. The van der Waals surface area contributed by atoms with Crippen LogP contribution in [-0.2, 0) is 0 Å². The van der Waals surface area contributed by atoms with Crippen molar-refractivity contribution in [1.82, 2.24) is 4.98 Å². The molecule has 0 atom stereocenters. The fourth-order valence-corrected chi connectivity index (χ4v) is 1.68. The van der Waals surface area contributed by atoms with E-state index in [1.165, 1.54) is 0 Å². The van der Waals surface area contributed by atoms with E-state index in [2.05, 4.69) is 39.7 Å². The van der Waals surface area contributed by atoms with Crippen LogP contribution in [-0.4, -0.2) is 18.1 Å². The van der Waals surface area contributed by atoms with Crippen molar-refractivity contribution < 1.29 is 0 Å². The molecule has 0 radical (unpaired) electrons. The molecule has 0 saturated carbocycles. The number of rotatable bonds is 3. The van der Waals surface area contributed by atoms with Crippen LogP contribution in [0.3, 0.4) is 0 Å². The number of aromatic nitrogens is 1. The second kappa shape index (κ2) is 4.46. The number of anilines is 2. The summed E-state index contributed by atoms with van der Waals surface area (Å²) >= 11 is 3.43. The quantitative estimate of drug-likeness (QED) is 0.886. The van der Waals surface area contributed by atoms with Gasteiger partial charge in [-0.25, -0.2) is 4.98 Å². The predicted molar refractivity (Wildman–Crippen MR) is 59.9 cm³/mol. The number of nitrogens with zero attached hydrogens (tertiary/aromatic N) is 2. The Morgan fingerprint density at radius 1 is 1.46 bits per heavy atom. The zero-order chi connectivity index (χ0) is 9.84. The highest BCUT2D eigenvalue weighted by molar-refractivity contribution is 9.10. The maximum Gasteiger partial charge on any atom is 0.144 e. The summed E-state index contributed by atoms with van der Waals surface area (Å²) in [6.45, 7) is 6.07. The first-order valence-electron chi connectivity index (χ1n) is 4.35. The number of hydrogen-bond donors (Lipinski definition) is 1. The summed E-state index contributed by atoms with van der Waals surface area (Å²) in [5.41, 5.74) is 6.49. The molecule has 0 aliphatic rings. The van der Waals surface area contributed by atoms with Gasteiger partial charge in [-0.15, -0.1) is 0 Å². The Morgan fingerprint density at radius 2 is 2.08 bits per heavy atom. The van der Waals surface area contributed by atoms with Crippen LogP contribution in [0.4, 0.5) is 11.5 Å². The van der Waals surface area contributed by atoms with Gasteiger partial charge in [-0.2, -0.15) is 0 Å². The van der Waals surface area contributed by atoms with E-state index in [-0.39, 0.29) is 0 Å². The molecule has 0 aromatic carbocycles. The van der Waals surface area contributed by atoms with Gasteiger partial charge in [0, 0.05) is 19.3 Å². The minimum atomic E-state index is 0.733. The maximum absolute atomic E-state index is 5.75. The average Bonchev–Trinajstić information content (AvgIpc) is 2.14. The number of hydrogen-bond acceptors (Lipinski definition) is 3. The molecule has 1 aromatic rings. The molecule has 0 saturated heterocycles. The molecule has 1 rings (SSSR count). The molecule has 3 nitrogen and oxygen atoms in total. The highest BCUT2D eigenvalue weighted by atomic mass is 79.9. The predicted octanol–water partition coefficient (Wildman–Crippen LogP) is 2.27. The Bertz CT molecular complexity index is 284. The zero-order valence-electron chi connectivity index (χ0n) is 7.92. The van der Waals surface area contributed by atoms with Crippen molar-refractivity contribution in [2.45, 2.75) is 13.8 Å². The van der Waals surface area contributed by atoms with Crippen LogP contribution < -0.4 is 10.6 Å². The van der Waals surface area contributed by atoms with Crippen LogP contribution in [0.5, 0.6) is 0 Å². The minimum absolute atomic E-state index is 0.733. The lowest BCUT2D eigenvalue weighted by molar-refractivity contribution is 0.843. The van der Waals surface area contributed by atoms with Crippen molar-refractivity contribution in [2.24, 2.45) is 0 Å². The number of pyridine rings is 1. The van der Waals surface area contributed by atoms with E-state index in [1.54, 1.807) is 12.3 Å². The Kier molecular flexibility index (Phi) is 3.54. The molecular weight excluding hydrogens is 230 g/mol. The lowest BCUT2D eigenvalue weighted by Crippen LogP contribution is -2.23. The molecule has 0 aliphatic carbocycles. The van der Waals surface area contributed by atoms with Crippen LogP contribution >= 0.6 is 15.9 Å². The third-order valence-electron chi connectivity index (χ3n) is 1.96. The molecule has 72 valence electrons. The molecule has 0 amide bonds. The van der Waals surface area contributed by atoms with Crippen molar-refractivity contribution in [3.8, 4) is 0 Å². The summed E-state index contributed by atoms with van der Waals surface area (Å²) in [6, 6.07) is 1.79. The van der Waals surface area contributed by atoms with E-state index in [1.807, 2.05) is 0 Å². The van der Waals surface area contributed by atoms with Gasteiger partial charge in [0.25, 0.3) is 0 Å². The number of nitrogens with two attached hydrogens (primary N) is 1. The van der Waals surface area contributed by atoms with E-state index < -0.39 is 0 Å². The smallest absolute Gasteiger partial charge is 0.144 e. The monoisotopic (exact) mass is 243 g/mol.